The largest absolute Gasteiger partial charge is 0.352 e. The molecule has 6 nitrogen and oxygen atoms in total. The van der Waals surface area contributed by atoms with Crippen molar-refractivity contribution < 1.29 is 9.18 Å². The third kappa shape index (κ3) is 3.96. The van der Waals surface area contributed by atoms with E-state index in [0.717, 1.165) is 19.9 Å². The first-order valence-corrected chi connectivity index (χ1v) is 8.99. The van der Waals surface area contributed by atoms with Crippen LogP contribution in [0.3, 0.4) is 0 Å². The fraction of sp³-hybridized carbons (Fsp3) is 0.118. The molecule has 1 amide bonds. The van der Waals surface area contributed by atoms with Gasteiger partial charge in [0.05, 0.1) is 10.7 Å². The second kappa shape index (κ2) is 7.58. The Morgan fingerprint density at radius 2 is 2.04 bits per heavy atom. The molecular formula is C17H13ClFIN4O2. The Kier molecular flexibility index (Phi) is 5.42. The van der Waals surface area contributed by atoms with Crippen molar-refractivity contribution in [2.45, 2.75) is 13.5 Å². The topological polar surface area (TPSA) is 79.8 Å². The maximum Gasteiger partial charge on any atom is 0.348 e. The predicted molar refractivity (Wildman–Crippen MR) is 105 cm³/mol. The molecule has 0 aliphatic carbocycles. The zero-order valence-corrected chi connectivity index (χ0v) is 16.4. The van der Waals surface area contributed by atoms with Gasteiger partial charge in [-0.1, -0.05) is 23.7 Å². The van der Waals surface area contributed by atoms with Crippen molar-refractivity contribution in [3.63, 3.8) is 0 Å². The third-order valence-electron chi connectivity index (χ3n) is 3.61. The molecule has 3 aromatic rings. The summed E-state index contributed by atoms with van der Waals surface area (Å²) in [6, 6.07) is 9.94. The second-order valence-corrected chi connectivity index (χ2v) is 7.16. The minimum Gasteiger partial charge on any atom is -0.352 e. The third-order valence-corrected chi connectivity index (χ3v) is 4.63. The minimum absolute atomic E-state index is 0.0194. The van der Waals surface area contributed by atoms with E-state index >= 15 is 0 Å². The average Bonchev–Trinajstić information content (AvgIpc) is 2.96. The Morgan fingerprint density at radius 1 is 1.35 bits per heavy atom. The van der Waals surface area contributed by atoms with Gasteiger partial charge in [-0.25, -0.2) is 9.18 Å². The van der Waals surface area contributed by atoms with Gasteiger partial charge >= 0.3 is 5.69 Å². The van der Waals surface area contributed by atoms with E-state index in [1.165, 1.54) is 13.0 Å². The van der Waals surface area contributed by atoms with Crippen LogP contribution in [0.25, 0.3) is 17.1 Å². The van der Waals surface area contributed by atoms with Gasteiger partial charge in [-0.15, -0.1) is 5.10 Å². The lowest BCUT2D eigenvalue weighted by molar-refractivity contribution is -0.119. The number of halogens is 3. The highest BCUT2D eigenvalue weighted by atomic mass is 127. The van der Waals surface area contributed by atoms with Crippen LogP contribution in [0, 0.1) is 9.39 Å². The number of nitrogens with one attached hydrogen (secondary N) is 2. The van der Waals surface area contributed by atoms with Gasteiger partial charge in [-0.3, -0.25) is 9.78 Å². The van der Waals surface area contributed by atoms with Crippen LogP contribution < -0.4 is 11.0 Å². The molecule has 0 atom stereocenters. The molecule has 2 N–H and O–H groups in total. The summed E-state index contributed by atoms with van der Waals surface area (Å²) in [4.78, 5) is 26.0. The monoisotopic (exact) mass is 486 g/mol. The van der Waals surface area contributed by atoms with Crippen LogP contribution in [0.4, 0.5) is 4.39 Å². The van der Waals surface area contributed by atoms with Gasteiger partial charge in [0.1, 0.15) is 5.82 Å². The van der Waals surface area contributed by atoms with Crippen molar-refractivity contribution in [2.24, 2.45) is 0 Å². The van der Waals surface area contributed by atoms with Crippen LogP contribution in [0.5, 0.6) is 0 Å². The molecule has 0 unspecified atom stereocenters. The molecule has 1 aromatic heterocycles. The van der Waals surface area contributed by atoms with Gasteiger partial charge in [-0.05, 0) is 46.9 Å². The molecule has 3 rings (SSSR count). The number of H-pyrrole nitrogens is 1. The fourth-order valence-corrected chi connectivity index (χ4v) is 2.91. The number of hydrogen-bond donors (Lipinski definition) is 2. The molecule has 0 bridgehead atoms. The van der Waals surface area contributed by atoms with E-state index in [-0.39, 0.29) is 28.7 Å². The molecule has 0 fully saturated rings. The Hall–Kier alpha value is -2.20. The maximum absolute atomic E-state index is 14.1. The summed E-state index contributed by atoms with van der Waals surface area (Å²) in [5.41, 5.74) is 0.659. The Morgan fingerprint density at radius 3 is 2.69 bits per heavy atom. The maximum atomic E-state index is 14.1. The normalized spacial score (nSPS) is 10.8. The zero-order valence-electron chi connectivity index (χ0n) is 13.5. The van der Waals surface area contributed by atoms with Crippen molar-refractivity contribution in [2.75, 3.05) is 0 Å². The first kappa shape index (κ1) is 18.6. The summed E-state index contributed by atoms with van der Waals surface area (Å²) < 4.78 is 16.2. The van der Waals surface area contributed by atoms with E-state index in [1.807, 2.05) is 24.3 Å². The highest BCUT2D eigenvalue weighted by molar-refractivity contribution is 14.1. The van der Waals surface area contributed by atoms with Crippen LogP contribution in [0.2, 0.25) is 5.02 Å². The summed E-state index contributed by atoms with van der Waals surface area (Å²) in [6.07, 6.45) is 0. The predicted octanol–water partition coefficient (Wildman–Crippen LogP) is 3.26. The van der Waals surface area contributed by atoms with Gasteiger partial charge < -0.3 is 5.32 Å². The molecule has 0 saturated heterocycles. The number of amides is 1. The number of nitrogens with zero attached hydrogens (tertiary/aromatic N) is 2. The van der Waals surface area contributed by atoms with Crippen LogP contribution in [-0.4, -0.2) is 20.7 Å². The lowest BCUT2D eigenvalue weighted by atomic mass is 10.2. The Bertz CT molecular complexity index is 1030. The number of rotatable bonds is 4. The lowest BCUT2D eigenvalue weighted by Crippen LogP contribution is -2.21. The van der Waals surface area contributed by atoms with E-state index < -0.39 is 11.5 Å². The molecule has 0 radical (unpaired) electrons. The molecule has 134 valence electrons. The number of aromatic amines is 1. The van der Waals surface area contributed by atoms with E-state index in [4.69, 9.17) is 11.6 Å². The van der Waals surface area contributed by atoms with E-state index in [2.05, 4.69) is 38.0 Å². The van der Waals surface area contributed by atoms with Crippen molar-refractivity contribution >= 4 is 40.1 Å². The van der Waals surface area contributed by atoms with Gasteiger partial charge in [0.25, 0.3) is 0 Å². The number of benzene rings is 2. The SMILES string of the molecule is CC(=O)NCc1cc(-n2nc(-c3ccc(I)cc3)[nH]c2=O)c(Cl)cc1F. The van der Waals surface area contributed by atoms with E-state index in [0.29, 0.717) is 5.82 Å². The van der Waals surface area contributed by atoms with Crippen molar-refractivity contribution in [1.29, 1.82) is 0 Å². The van der Waals surface area contributed by atoms with Crippen LogP contribution in [0.1, 0.15) is 12.5 Å². The summed E-state index contributed by atoms with van der Waals surface area (Å²) in [7, 11) is 0. The van der Waals surface area contributed by atoms with Gasteiger partial charge in [0.2, 0.25) is 5.91 Å². The zero-order chi connectivity index (χ0) is 18.8. The number of carbonyl (C=O) groups excluding carboxylic acids is 1. The van der Waals surface area contributed by atoms with E-state index in [1.54, 1.807) is 0 Å². The first-order valence-electron chi connectivity index (χ1n) is 7.53. The van der Waals surface area contributed by atoms with Crippen molar-refractivity contribution in [3.05, 3.63) is 66.9 Å². The summed E-state index contributed by atoms with van der Waals surface area (Å²) in [5, 5.41) is 6.81. The molecule has 0 saturated carbocycles. The molecule has 9 heteroatoms. The standard InChI is InChI=1S/C17H13ClFIN4O2/c1-9(25)21-8-11-6-15(13(18)7-14(11)19)24-17(26)22-16(23-24)10-2-4-12(20)5-3-10/h2-7H,8H2,1H3,(H,21,25)(H,22,23,26). The first-order chi connectivity index (χ1) is 12.3. The highest BCUT2D eigenvalue weighted by Crippen LogP contribution is 2.24. The van der Waals surface area contributed by atoms with Crippen LogP contribution in [-0.2, 0) is 11.3 Å². The molecule has 0 aliphatic heterocycles. The van der Waals surface area contributed by atoms with Gasteiger partial charge in [0.15, 0.2) is 5.82 Å². The van der Waals surface area contributed by atoms with Crippen LogP contribution in [0.15, 0.2) is 41.2 Å². The molecule has 2 aromatic carbocycles. The molecule has 1 heterocycles. The summed E-state index contributed by atoms with van der Waals surface area (Å²) >= 11 is 8.28. The second-order valence-electron chi connectivity index (χ2n) is 5.50. The Balaban J connectivity index is 2.03. The summed E-state index contributed by atoms with van der Waals surface area (Å²) in [6.45, 7) is 1.31. The molecule has 0 spiro atoms. The highest BCUT2D eigenvalue weighted by Gasteiger charge is 2.15. The van der Waals surface area contributed by atoms with Crippen molar-refractivity contribution in [1.82, 2.24) is 20.1 Å². The average molecular weight is 487 g/mol. The number of hydrogen-bond acceptors (Lipinski definition) is 3. The van der Waals surface area contributed by atoms with Gasteiger partial charge in [-0.2, -0.15) is 4.68 Å². The molecule has 26 heavy (non-hydrogen) atoms. The quantitative estimate of drug-likeness (QED) is 0.556. The lowest BCUT2D eigenvalue weighted by Gasteiger charge is -2.09. The molecular weight excluding hydrogens is 474 g/mol. The Labute approximate surface area is 166 Å². The summed E-state index contributed by atoms with van der Waals surface area (Å²) in [5.74, 6) is -0.497. The minimum atomic E-state index is -0.575. The van der Waals surface area contributed by atoms with Crippen molar-refractivity contribution in [3.8, 4) is 17.1 Å². The number of aromatic nitrogens is 3. The smallest absolute Gasteiger partial charge is 0.348 e. The fourth-order valence-electron chi connectivity index (χ4n) is 2.32. The molecule has 0 aliphatic rings. The van der Waals surface area contributed by atoms with E-state index in [9.17, 15) is 14.0 Å². The number of carbonyl (C=O) groups is 1. The van der Waals surface area contributed by atoms with Crippen LogP contribution >= 0.6 is 34.2 Å². The van der Waals surface area contributed by atoms with Gasteiger partial charge in [0, 0.05) is 28.2 Å².